The minimum atomic E-state index is -4.38. The lowest BCUT2D eigenvalue weighted by Crippen LogP contribution is -2.58. The molecule has 2 atom stereocenters. The summed E-state index contributed by atoms with van der Waals surface area (Å²) in [5.74, 6) is 1.68. The molecule has 3 aromatic rings. The Labute approximate surface area is 216 Å². The maximum atomic E-state index is 13.2. The lowest BCUT2D eigenvalue weighted by Gasteiger charge is -2.32. The fraction of sp³-hybridized carbons (Fsp3) is 0.160. The topological polar surface area (TPSA) is 125 Å². The van der Waals surface area contributed by atoms with E-state index in [4.69, 9.17) is 15.9 Å². The normalized spacial score (nSPS) is 13.6. The summed E-state index contributed by atoms with van der Waals surface area (Å²) in [4.78, 5) is 23.2. The Balaban J connectivity index is 1.94. The van der Waals surface area contributed by atoms with E-state index in [2.05, 4.69) is 26.6 Å². The number of hydrogen-bond acceptors (Lipinski definition) is 7. The molecule has 0 aliphatic carbocycles. The van der Waals surface area contributed by atoms with Crippen molar-refractivity contribution in [1.29, 1.82) is 0 Å². The Morgan fingerprint density at radius 2 is 1.72 bits per heavy atom. The van der Waals surface area contributed by atoms with E-state index in [1.807, 2.05) is 0 Å². The minimum absolute atomic E-state index is 0.131. The maximum Gasteiger partial charge on any atom is 0.329 e. The molecule has 0 bridgehead atoms. The first-order chi connectivity index (χ1) is 17.0. The van der Waals surface area contributed by atoms with Crippen LogP contribution in [0.25, 0.3) is 0 Å². The van der Waals surface area contributed by atoms with E-state index in [0.717, 1.165) is 28.7 Å². The van der Waals surface area contributed by atoms with E-state index in [1.54, 1.807) is 54.6 Å². The van der Waals surface area contributed by atoms with E-state index < -0.39 is 32.6 Å². The number of nitrogens with zero attached hydrogens (tertiary/aromatic N) is 1. The van der Waals surface area contributed by atoms with Gasteiger partial charge < -0.3 is 9.47 Å². The highest BCUT2D eigenvalue weighted by molar-refractivity contribution is 9.10. The predicted molar refractivity (Wildman–Crippen MR) is 135 cm³/mol. The Bertz CT molecular complexity index is 1370. The van der Waals surface area contributed by atoms with Crippen LogP contribution >= 0.6 is 15.9 Å². The van der Waals surface area contributed by atoms with Crippen molar-refractivity contribution < 1.29 is 27.6 Å². The van der Waals surface area contributed by atoms with Crippen LogP contribution < -0.4 is 9.46 Å². The molecule has 0 aliphatic rings. The van der Waals surface area contributed by atoms with Crippen molar-refractivity contribution in [3.05, 3.63) is 99.0 Å². The summed E-state index contributed by atoms with van der Waals surface area (Å²) in [6.45, 7) is 1.25. The van der Waals surface area contributed by atoms with Crippen LogP contribution in [-0.2, 0) is 26.2 Å². The second kappa shape index (κ2) is 11.3. The van der Waals surface area contributed by atoms with E-state index in [1.165, 1.54) is 6.92 Å². The van der Waals surface area contributed by atoms with Crippen LogP contribution in [0.3, 0.4) is 0 Å². The zero-order valence-corrected chi connectivity index (χ0v) is 21.4. The first-order valence-electron chi connectivity index (χ1n) is 10.4. The molecule has 0 saturated heterocycles. The Kier molecular flexibility index (Phi) is 8.47. The molecule has 3 aromatic carbocycles. The van der Waals surface area contributed by atoms with Gasteiger partial charge in [-0.1, -0.05) is 52.2 Å². The number of carbonyl (C=O) groups is 1. The van der Waals surface area contributed by atoms with Crippen LogP contribution in [0, 0.1) is 22.5 Å². The molecule has 0 heterocycles. The average molecular weight is 573 g/mol. The molecular formula is C25H21BrN2O7S. The molecule has 36 heavy (non-hydrogen) atoms. The van der Waals surface area contributed by atoms with E-state index in [-0.39, 0.29) is 22.9 Å². The number of rotatable bonds is 10. The Morgan fingerprint density at radius 3 is 2.28 bits per heavy atom. The molecule has 3 rings (SSSR count). The molecule has 1 N–H and O–H groups in total. The van der Waals surface area contributed by atoms with Gasteiger partial charge in [0.15, 0.2) is 11.6 Å². The van der Waals surface area contributed by atoms with Crippen molar-refractivity contribution >= 4 is 37.6 Å². The van der Waals surface area contributed by atoms with Crippen molar-refractivity contribution in [3.8, 4) is 18.1 Å². The molecule has 0 fully saturated rings. The summed E-state index contributed by atoms with van der Waals surface area (Å²) < 4.78 is 40.6. The van der Waals surface area contributed by atoms with Gasteiger partial charge in [0.05, 0.1) is 9.82 Å². The molecule has 186 valence electrons. The lowest BCUT2D eigenvalue weighted by molar-refractivity contribution is -0.384. The van der Waals surface area contributed by atoms with Gasteiger partial charge in [-0.25, -0.2) is 8.42 Å². The molecule has 0 spiro atoms. The van der Waals surface area contributed by atoms with Gasteiger partial charge in [0.1, 0.15) is 12.4 Å². The number of nitro groups is 1. The number of ether oxygens (including phenoxy) is 2. The Morgan fingerprint density at radius 1 is 1.11 bits per heavy atom. The van der Waals surface area contributed by atoms with Crippen LogP contribution in [-0.4, -0.2) is 31.0 Å². The third-order valence-corrected chi connectivity index (χ3v) is 7.04. The molecule has 11 heteroatoms. The summed E-state index contributed by atoms with van der Waals surface area (Å²) in [6, 6.07) is 17.9. The van der Waals surface area contributed by atoms with Gasteiger partial charge in [-0.2, -0.15) is 4.72 Å². The second-order valence-corrected chi connectivity index (χ2v) is 10.3. The van der Waals surface area contributed by atoms with Gasteiger partial charge in [-0.05, 0) is 48.9 Å². The number of halogens is 1. The Hall–Kier alpha value is -3.72. The zero-order chi connectivity index (χ0) is 26.3. The number of esters is 1. The number of terminal acetylenes is 1. The second-order valence-electron chi connectivity index (χ2n) is 7.71. The van der Waals surface area contributed by atoms with Crippen molar-refractivity contribution in [2.75, 3.05) is 0 Å². The molecule has 0 unspecified atom stereocenters. The number of nitro benzene ring substituents is 1. The van der Waals surface area contributed by atoms with Crippen LogP contribution in [0.15, 0.2) is 88.2 Å². The van der Waals surface area contributed by atoms with Crippen molar-refractivity contribution in [2.45, 2.75) is 30.1 Å². The van der Waals surface area contributed by atoms with Crippen molar-refractivity contribution in [2.24, 2.45) is 0 Å². The molecule has 0 radical (unpaired) electrons. The third kappa shape index (κ3) is 6.69. The highest BCUT2D eigenvalue weighted by atomic mass is 79.9. The first kappa shape index (κ1) is 26.9. The fourth-order valence-corrected chi connectivity index (χ4v) is 4.61. The average Bonchev–Trinajstić information content (AvgIpc) is 2.88. The molecule has 9 nitrogen and oxygen atoms in total. The largest absolute Gasteiger partial charge is 0.473 e. The van der Waals surface area contributed by atoms with E-state index in [0.29, 0.717) is 5.56 Å². The standard InChI is InChI=1S/C25H21BrN2O7S/c1-3-25(2,35-21-13-9-19(26)10-14-21)23(24(29)34-17-18-7-5-4-6-8-18)27-36(32,33)22-15-11-20(12-16-22)28(30)31/h1,4-16,23,27H,17H2,2H3/t23-,25-/m1/s1. The van der Waals surface area contributed by atoms with Crippen LogP contribution in [0.5, 0.6) is 5.75 Å². The summed E-state index contributed by atoms with van der Waals surface area (Å²) >= 11 is 3.31. The van der Waals surface area contributed by atoms with Gasteiger partial charge in [-0.3, -0.25) is 14.9 Å². The summed E-state index contributed by atoms with van der Waals surface area (Å²) in [5.41, 5.74) is -1.42. The van der Waals surface area contributed by atoms with Gasteiger partial charge in [0.2, 0.25) is 10.0 Å². The smallest absolute Gasteiger partial charge is 0.329 e. The number of hydrogen-bond donors (Lipinski definition) is 1. The van der Waals surface area contributed by atoms with Crippen LogP contribution in [0.4, 0.5) is 5.69 Å². The lowest BCUT2D eigenvalue weighted by atomic mass is 9.97. The molecule has 0 aliphatic heterocycles. The van der Waals surface area contributed by atoms with Crippen molar-refractivity contribution in [1.82, 2.24) is 4.72 Å². The van der Waals surface area contributed by atoms with Gasteiger partial charge in [-0.15, -0.1) is 6.42 Å². The number of carbonyl (C=O) groups excluding carboxylic acids is 1. The number of sulfonamides is 1. The molecular weight excluding hydrogens is 552 g/mol. The highest BCUT2D eigenvalue weighted by Crippen LogP contribution is 2.26. The fourth-order valence-electron chi connectivity index (χ4n) is 3.09. The van der Waals surface area contributed by atoms with E-state index >= 15 is 0 Å². The summed E-state index contributed by atoms with van der Waals surface area (Å²) in [5, 5.41) is 10.9. The minimum Gasteiger partial charge on any atom is -0.473 e. The quantitative estimate of drug-likeness (QED) is 0.167. The van der Waals surface area contributed by atoms with Crippen LogP contribution in [0.1, 0.15) is 12.5 Å². The summed E-state index contributed by atoms with van der Waals surface area (Å²) in [6.07, 6.45) is 5.74. The van der Waals surface area contributed by atoms with Gasteiger partial charge >= 0.3 is 5.97 Å². The van der Waals surface area contributed by atoms with Crippen LogP contribution in [0.2, 0.25) is 0 Å². The maximum absolute atomic E-state index is 13.2. The first-order valence-corrected chi connectivity index (χ1v) is 12.7. The van der Waals surface area contributed by atoms with Gasteiger partial charge in [0.25, 0.3) is 5.69 Å². The molecule has 0 amide bonds. The molecule has 0 saturated carbocycles. The van der Waals surface area contributed by atoms with E-state index in [9.17, 15) is 23.3 Å². The zero-order valence-electron chi connectivity index (χ0n) is 19.0. The monoisotopic (exact) mass is 572 g/mol. The predicted octanol–water partition coefficient (Wildman–Crippen LogP) is 4.22. The number of non-ortho nitro benzene ring substituents is 1. The third-order valence-electron chi connectivity index (χ3n) is 5.07. The van der Waals surface area contributed by atoms with Crippen molar-refractivity contribution in [3.63, 3.8) is 0 Å². The number of nitrogens with one attached hydrogen (secondary N) is 1. The summed E-state index contributed by atoms with van der Waals surface area (Å²) in [7, 11) is -4.38. The molecule has 0 aromatic heterocycles. The highest BCUT2D eigenvalue weighted by Gasteiger charge is 2.44. The van der Waals surface area contributed by atoms with Gasteiger partial charge in [0, 0.05) is 16.6 Å². The number of benzene rings is 3. The SMILES string of the molecule is C#C[C@@](C)(Oc1ccc(Br)cc1)[C@H](NS(=O)(=O)c1ccc([N+](=O)[O-])cc1)C(=O)OCc1ccccc1.